The number of aromatic nitrogens is 2. The van der Waals surface area contributed by atoms with E-state index in [-0.39, 0.29) is 17.4 Å². The van der Waals surface area contributed by atoms with Gasteiger partial charge in [0.2, 0.25) is 0 Å². The lowest BCUT2D eigenvalue weighted by atomic mass is 10.2. The molecule has 2 aliphatic rings. The molecule has 0 aliphatic heterocycles. The average molecular weight is 328 g/mol. The van der Waals surface area contributed by atoms with Gasteiger partial charge < -0.3 is 9.72 Å². The SMILES string of the molecule is CC(C)Oc1ccc2[nH]c(=O)n(CC[C@@H]3C[C@H]3C3CC3)c(=O)c2c1. The van der Waals surface area contributed by atoms with E-state index in [0.717, 1.165) is 18.3 Å². The minimum absolute atomic E-state index is 0.0432. The first-order chi connectivity index (χ1) is 11.5. The molecular weight excluding hydrogens is 304 g/mol. The van der Waals surface area contributed by atoms with Crippen LogP contribution in [0.3, 0.4) is 0 Å². The van der Waals surface area contributed by atoms with E-state index in [1.54, 1.807) is 18.2 Å². The molecule has 0 unspecified atom stereocenters. The number of hydrogen-bond acceptors (Lipinski definition) is 3. The maximum absolute atomic E-state index is 12.7. The Balaban J connectivity index is 1.59. The predicted molar refractivity (Wildman–Crippen MR) is 93.5 cm³/mol. The Hall–Kier alpha value is -2.04. The van der Waals surface area contributed by atoms with Crippen LogP contribution in [-0.2, 0) is 6.54 Å². The van der Waals surface area contributed by atoms with Crippen molar-refractivity contribution in [2.75, 3.05) is 0 Å². The van der Waals surface area contributed by atoms with Crippen LogP contribution < -0.4 is 16.0 Å². The number of rotatable bonds is 6. The highest BCUT2D eigenvalue weighted by molar-refractivity contribution is 5.78. The summed E-state index contributed by atoms with van der Waals surface area (Å²) in [5, 5.41) is 0.516. The van der Waals surface area contributed by atoms with Crippen LogP contribution >= 0.6 is 0 Å². The van der Waals surface area contributed by atoms with E-state index in [1.807, 2.05) is 13.8 Å². The average Bonchev–Trinajstić information content (AvgIpc) is 3.40. The van der Waals surface area contributed by atoms with Gasteiger partial charge in [-0.1, -0.05) is 0 Å². The number of H-pyrrole nitrogens is 1. The zero-order valence-corrected chi connectivity index (χ0v) is 14.2. The molecule has 1 N–H and O–H groups in total. The number of benzene rings is 1. The molecule has 5 nitrogen and oxygen atoms in total. The van der Waals surface area contributed by atoms with Crippen LogP contribution in [0.25, 0.3) is 10.9 Å². The standard InChI is InChI=1S/C19H24N2O3/c1-11(2)24-14-5-6-17-16(10-14)18(22)21(19(23)20-17)8-7-13-9-15(13)12-3-4-12/h5-6,10-13,15H,3-4,7-9H2,1-2H3,(H,20,23)/t13-,15+/m1/s1. The minimum atomic E-state index is -0.311. The van der Waals surface area contributed by atoms with Crippen LogP contribution in [0.4, 0.5) is 0 Å². The summed E-state index contributed by atoms with van der Waals surface area (Å²) in [6, 6.07) is 5.25. The van der Waals surface area contributed by atoms with E-state index in [9.17, 15) is 9.59 Å². The van der Waals surface area contributed by atoms with Crippen LogP contribution in [0.5, 0.6) is 5.75 Å². The molecule has 5 heteroatoms. The molecule has 0 saturated heterocycles. The van der Waals surface area contributed by atoms with Crippen LogP contribution in [-0.4, -0.2) is 15.7 Å². The molecule has 0 bridgehead atoms. The van der Waals surface area contributed by atoms with E-state index in [1.165, 1.54) is 23.8 Å². The van der Waals surface area contributed by atoms with Crippen LogP contribution in [0.1, 0.15) is 39.5 Å². The first-order valence-electron chi connectivity index (χ1n) is 8.96. The Labute approximate surface area is 140 Å². The minimum Gasteiger partial charge on any atom is -0.491 e. The third kappa shape index (κ3) is 2.99. The Kier molecular flexibility index (Phi) is 3.74. The van der Waals surface area contributed by atoms with Gasteiger partial charge in [0.1, 0.15) is 5.75 Å². The quantitative estimate of drug-likeness (QED) is 0.887. The lowest BCUT2D eigenvalue weighted by Gasteiger charge is -2.11. The molecule has 2 atom stereocenters. The van der Waals surface area contributed by atoms with Gasteiger partial charge in [0, 0.05) is 6.54 Å². The largest absolute Gasteiger partial charge is 0.491 e. The summed E-state index contributed by atoms with van der Waals surface area (Å²) in [4.78, 5) is 27.8. The van der Waals surface area contributed by atoms with E-state index in [4.69, 9.17) is 4.74 Å². The van der Waals surface area contributed by atoms with Gasteiger partial charge in [0.05, 0.1) is 17.0 Å². The van der Waals surface area contributed by atoms with Crippen molar-refractivity contribution in [2.45, 2.75) is 52.2 Å². The molecule has 24 heavy (non-hydrogen) atoms. The van der Waals surface area contributed by atoms with Crippen molar-refractivity contribution in [1.82, 2.24) is 9.55 Å². The van der Waals surface area contributed by atoms with Gasteiger partial charge >= 0.3 is 5.69 Å². The summed E-state index contributed by atoms with van der Waals surface area (Å²) >= 11 is 0. The molecule has 4 rings (SSSR count). The second kappa shape index (κ2) is 5.80. The fourth-order valence-corrected chi connectivity index (χ4v) is 3.78. The van der Waals surface area contributed by atoms with Crippen molar-refractivity contribution in [3.63, 3.8) is 0 Å². The molecule has 1 aromatic carbocycles. The summed E-state index contributed by atoms with van der Waals surface area (Å²) in [5.74, 6) is 3.14. The molecule has 128 valence electrons. The number of ether oxygens (including phenoxy) is 1. The lowest BCUT2D eigenvalue weighted by Crippen LogP contribution is -2.35. The highest BCUT2D eigenvalue weighted by Crippen LogP contribution is 2.55. The van der Waals surface area contributed by atoms with Crippen LogP contribution in [0.2, 0.25) is 0 Å². The van der Waals surface area contributed by atoms with Crippen LogP contribution in [0.15, 0.2) is 27.8 Å². The van der Waals surface area contributed by atoms with Gasteiger partial charge in [-0.2, -0.15) is 0 Å². The maximum atomic E-state index is 12.7. The third-order valence-corrected chi connectivity index (χ3v) is 5.25. The summed E-state index contributed by atoms with van der Waals surface area (Å²) in [6.07, 6.45) is 4.99. The Bertz CT molecular complexity index is 876. The summed E-state index contributed by atoms with van der Waals surface area (Å²) in [7, 11) is 0. The van der Waals surface area contributed by atoms with E-state index < -0.39 is 0 Å². The molecule has 1 aromatic heterocycles. The van der Waals surface area contributed by atoms with Gasteiger partial charge in [-0.3, -0.25) is 9.36 Å². The number of aromatic amines is 1. The van der Waals surface area contributed by atoms with Crippen LogP contribution in [0, 0.1) is 17.8 Å². The zero-order chi connectivity index (χ0) is 16.8. The number of nitrogens with zero attached hydrogens (tertiary/aromatic N) is 1. The van der Waals surface area contributed by atoms with Crippen molar-refractivity contribution in [3.05, 3.63) is 39.0 Å². The topological polar surface area (TPSA) is 64.1 Å². The van der Waals surface area contributed by atoms with Crippen molar-refractivity contribution >= 4 is 10.9 Å². The van der Waals surface area contributed by atoms with Gasteiger partial charge in [-0.05, 0) is 75.5 Å². The molecule has 2 aliphatic carbocycles. The summed E-state index contributed by atoms with van der Waals surface area (Å²) in [5.41, 5.74) is 0.0415. The molecule has 2 fully saturated rings. The number of nitrogens with one attached hydrogen (secondary N) is 1. The normalized spacial score (nSPS) is 23.0. The molecule has 1 heterocycles. The van der Waals surface area contributed by atoms with Gasteiger partial charge in [-0.25, -0.2) is 4.79 Å². The Morgan fingerprint density at radius 2 is 2.08 bits per heavy atom. The highest BCUT2D eigenvalue weighted by Gasteiger charge is 2.46. The van der Waals surface area contributed by atoms with Gasteiger partial charge in [0.25, 0.3) is 5.56 Å². The van der Waals surface area contributed by atoms with Gasteiger partial charge in [-0.15, -0.1) is 0 Å². The second-order valence-corrected chi connectivity index (χ2v) is 7.55. The summed E-state index contributed by atoms with van der Waals surface area (Å²) in [6.45, 7) is 4.40. The van der Waals surface area contributed by atoms with Gasteiger partial charge in [0.15, 0.2) is 0 Å². The highest BCUT2D eigenvalue weighted by atomic mass is 16.5. The monoisotopic (exact) mass is 328 g/mol. The molecule has 2 saturated carbocycles. The molecule has 2 aromatic rings. The maximum Gasteiger partial charge on any atom is 0.328 e. The van der Waals surface area contributed by atoms with E-state index in [0.29, 0.717) is 29.1 Å². The predicted octanol–water partition coefficient (Wildman–Crippen LogP) is 2.91. The summed E-state index contributed by atoms with van der Waals surface area (Å²) < 4.78 is 7.01. The second-order valence-electron chi connectivity index (χ2n) is 7.55. The third-order valence-electron chi connectivity index (χ3n) is 5.25. The Morgan fingerprint density at radius 1 is 1.29 bits per heavy atom. The molecule has 0 spiro atoms. The first kappa shape index (κ1) is 15.5. The van der Waals surface area contributed by atoms with Crippen molar-refractivity contribution in [2.24, 2.45) is 17.8 Å². The Morgan fingerprint density at radius 3 is 2.79 bits per heavy atom. The fourth-order valence-electron chi connectivity index (χ4n) is 3.78. The molecule has 0 amide bonds. The zero-order valence-electron chi connectivity index (χ0n) is 14.2. The number of fused-ring (bicyclic) bond motifs is 1. The van der Waals surface area contributed by atoms with E-state index >= 15 is 0 Å². The smallest absolute Gasteiger partial charge is 0.328 e. The van der Waals surface area contributed by atoms with E-state index in [2.05, 4.69) is 4.98 Å². The van der Waals surface area contributed by atoms with Crippen molar-refractivity contribution in [3.8, 4) is 5.75 Å². The lowest BCUT2D eigenvalue weighted by molar-refractivity contribution is 0.242. The first-order valence-corrected chi connectivity index (χ1v) is 8.96. The number of hydrogen-bond donors (Lipinski definition) is 1. The molecule has 0 radical (unpaired) electrons. The fraction of sp³-hybridized carbons (Fsp3) is 0.579. The van der Waals surface area contributed by atoms with Crippen molar-refractivity contribution in [1.29, 1.82) is 0 Å². The molecular formula is C19H24N2O3. The van der Waals surface area contributed by atoms with Crippen molar-refractivity contribution < 1.29 is 4.74 Å².